The van der Waals surface area contributed by atoms with Crippen LogP contribution in [0.25, 0.3) is 0 Å². The van der Waals surface area contributed by atoms with E-state index < -0.39 is 17.0 Å². The molecule has 0 N–H and O–H groups in total. The molecule has 0 radical (unpaired) electrons. The first-order valence-electron chi connectivity index (χ1n) is 4.02. The van der Waals surface area contributed by atoms with Crippen molar-refractivity contribution >= 4 is 28.6 Å². The first-order valence-corrected chi connectivity index (χ1v) is 4.40. The second-order valence-corrected chi connectivity index (χ2v) is 3.04. The smallest absolute Gasteiger partial charge is 0.325 e. The van der Waals surface area contributed by atoms with Gasteiger partial charge in [0.2, 0.25) is 0 Å². The first kappa shape index (κ1) is 11.5. The predicted octanol–water partition coefficient (Wildman–Crippen LogP) is 0.609. The highest BCUT2D eigenvalue weighted by molar-refractivity contribution is 6.83. The van der Waals surface area contributed by atoms with Gasteiger partial charge in [-0.15, -0.1) is 0 Å². The summed E-state index contributed by atoms with van der Waals surface area (Å²) >= 11 is 5.04. The minimum absolute atomic E-state index is 0.0698. The molecule has 6 heteroatoms. The Kier molecular flexibility index (Phi) is 3.62. The summed E-state index contributed by atoms with van der Waals surface area (Å²) in [6, 6.07) is 2.95. The zero-order valence-corrected chi connectivity index (χ0v) is 8.65. The molecule has 0 atom stereocenters. The molecule has 0 spiro atoms. The number of ketones is 1. The molecular weight excluding hydrogens is 222 g/mol. The van der Waals surface area contributed by atoms with E-state index in [1.54, 1.807) is 0 Å². The molecule has 5 nitrogen and oxygen atoms in total. The van der Waals surface area contributed by atoms with Crippen LogP contribution in [-0.2, 0) is 20.9 Å². The summed E-state index contributed by atoms with van der Waals surface area (Å²) in [6.45, 7) is -0.130. The fourth-order valence-corrected chi connectivity index (χ4v) is 1.16. The lowest BCUT2D eigenvalue weighted by Crippen LogP contribution is -2.18. The number of nitrogens with zero attached hydrogens (tertiary/aromatic N) is 1. The van der Waals surface area contributed by atoms with Crippen LogP contribution < -0.4 is 0 Å². The van der Waals surface area contributed by atoms with Crippen molar-refractivity contribution in [2.24, 2.45) is 0 Å². The van der Waals surface area contributed by atoms with Crippen molar-refractivity contribution in [3.63, 3.8) is 0 Å². The van der Waals surface area contributed by atoms with Crippen molar-refractivity contribution in [3.05, 3.63) is 24.0 Å². The maximum absolute atomic E-state index is 11.2. The van der Waals surface area contributed by atoms with E-state index in [2.05, 4.69) is 4.74 Å². The molecule has 15 heavy (non-hydrogen) atoms. The number of halogens is 1. The molecule has 0 aromatic carbocycles. The molecule has 1 rings (SSSR count). The summed E-state index contributed by atoms with van der Waals surface area (Å²) < 4.78 is 5.73. The van der Waals surface area contributed by atoms with Gasteiger partial charge in [-0.3, -0.25) is 14.4 Å². The Labute approximate surface area is 90.6 Å². The Bertz CT molecular complexity index is 410. The van der Waals surface area contributed by atoms with Gasteiger partial charge in [-0.25, -0.2) is 0 Å². The third-order valence-electron chi connectivity index (χ3n) is 1.77. The Morgan fingerprint density at radius 3 is 2.67 bits per heavy atom. The predicted molar refractivity (Wildman–Crippen MR) is 51.6 cm³/mol. The monoisotopic (exact) mass is 229 g/mol. The molecule has 1 heterocycles. The van der Waals surface area contributed by atoms with E-state index in [9.17, 15) is 14.4 Å². The van der Waals surface area contributed by atoms with E-state index in [0.29, 0.717) is 0 Å². The number of aromatic nitrogens is 1. The van der Waals surface area contributed by atoms with Crippen LogP contribution in [0.15, 0.2) is 18.3 Å². The van der Waals surface area contributed by atoms with Crippen molar-refractivity contribution in [2.45, 2.75) is 6.54 Å². The molecule has 80 valence electrons. The van der Waals surface area contributed by atoms with Crippen LogP contribution in [0.5, 0.6) is 0 Å². The lowest BCUT2D eigenvalue weighted by atomic mass is 10.3. The zero-order valence-electron chi connectivity index (χ0n) is 7.90. The van der Waals surface area contributed by atoms with Crippen molar-refractivity contribution in [2.75, 3.05) is 7.11 Å². The largest absolute Gasteiger partial charge is 0.468 e. The van der Waals surface area contributed by atoms with Gasteiger partial charge < -0.3 is 9.30 Å². The first-order chi connectivity index (χ1) is 7.06. The molecule has 0 unspecified atom stereocenters. The zero-order chi connectivity index (χ0) is 11.4. The summed E-state index contributed by atoms with van der Waals surface area (Å²) in [7, 11) is 1.24. The molecule has 0 amide bonds. The summed E-state index contributed by atoms with van der Waals surface area (Å²) in [5.74, 6) is -1.35. The minimum atomic E-state index is -1.08. The van der Waals surface area contributed by atoms with E-state index in [4.69, 9.17) is 11.6 Å². The number of hydrogen-bond acceptors (Lipinski definition) is 4. The van der Waals surface area contributed by atoms with Crippen LogP contribution in [0.2, 0.25) is 0 Å². The van der Waals surface area contributed by atoms with Crippen LogP contribution in [0.1, 0.15) is 10.5 Å². The minimum Gasteiger partial charge on any atom is -0.468 e. The van der Waals surface area contributed by atoms with Crippen molar-refractivity contribution in [1.29, 1.82) is 0 Å². The molecule has 0 fully saturated rings. The highest BCUT2D eigenvalue weighted by Gasteiger charge is 2.18. The van der Waals surface area contributed by atoms with Crippen molar-refractivity contribution in [1.82, 2.24) is 4.57 Å². The van der Waals surface area contributed by atoms with E-state index in [-0.39, 0.29) is 12.2 Å². The van der Waals surface area contributed by atoms with E-state index in [1.807, 2.05) is 0 Å². The fraction of sp³-hybridized carbons (Fsp3) is 0.222. The van der Waals surface area contributed by atoms with Crippen molar-refractivity contribution in [3.8, 4) is 0 Å². The van der Waals surface area contributed by atoms with Crippen LogP contribution >= 0.6 is 11.6 Å². The maximum Gasteiger partial charge on any atom is 0.325 e. The second-order valence-electron chi connectivity index (χ2n) is 2.70. The lowest BCUT2D eigenvalue weighted by molar-refractivity contribution is -0.141. The van der Waals surface area contributed by atoms with E-state index in [0.717, 1.165) is 0 Å². The van der Waals surface area contributed by atoms with Crippen LogP contribution in [0.3, 0.4) is 0 Å². The number of Topliss-reactive ketones (excluding diaryl/α,β-unsaturated/α-hetero) is 1. The van der Waals surface area contributed by atoms with Crippen LogP contribution in [-0.4, -0.2) is 28.7 Å². The Balaban J connectivity index is 2.91. The van der Waals surface area contributed by atoms with Crippen LogP contribution in [0, 0.1) is 0 Å². The van der Waals surface area contributed by atoms with Gasteiger partial charge in [0.1, 0.15) is 6.54 Å². The standard InChI is InChI=1S/C9H8ClNO4/c1-15-7(12)5-11-4-2-3-6(11)8(13)9(10)14/h2-4H,5H2,1H3. The third kappa shape index (κ3) is 2.66. The number of carbonyl (C=O) groups excluding carboxylic acids is 3. The Morgan fingerprint density at radius 2 is 2.13 bits per heavy atom. The van der Waals surface area contributed by atoms with Gasteiger partial charge >= 0.3 is 5.97 Å². The lowest BCUT2D eigenvalue weighted by Gasteiger charge is -2.04. The summed E-state index contributed by atoms with van der Waals surface area (Å²) in [6.07, 6.45) is 1.49. The van der Waals surface area contributed by atoms with Gasteiger partial charge in [0, 0.05) is 6.20 Å². The number of esters is 1. The van der Waals surface area contributed by atoms with Crippen LogP contribution in [0.4, 0.5) is 0 Å². The number of carbonyl (C=O) groups is 3. The number of ether oxygens (including phenoxy) is 1. The van der Waals surface area contributed by atoms with Gasteiger partial charge in [-0.05, 0) is 23.7 Å². The molecule has 0 saturated carbocycles. The molecular formula is C9H8ClNO4. The number of methoxy groups -OCH3 is 1. The summed E-state index contributed by atoms with van der Waals surface area (Å²) in [5.41, 5.74) is 0.0698. The number of rotatable bonds is 4. The van der Waals surface area contributed by atoms with E-state index in [1.165, 1.54) is 30.0 Å². The highest BCUT2D eigenvalue weighted by Crippen LogP contribution is 2.05. The Morgan fingerprint density at radius 1 is 1.47 bits per heavy atom. The third-order valence-corrected chi connectivity index (χ3v) is 1.94. The van der Waals surface area contributed by atoms with E-state index >= 15 is 0 Å². The molecule has 0 aliphatic rings. The van der Waals surface area contributed by atoms with Gasteiger partial charge in [0.05, 0.1) is 12.8 Å². The van der Waals surface area contributed by atoms with Gasteiger partial charge in [0.25, 0.3) is 11.0 Å². The topological polar surface area (TPSA) is 65.4 Å². The summed E-state index contributed by atoms with van der Waals surface area (Å²) in [5, 5.41) is -1.08. The van der Waals surface area contributed by atoms with Gasteiger partial charge in [-0.2, -0.15) is 0 Å². The SMILES string of the molecule is COC(=O)Cn1cccc1C(=O)C(=O)Cl. The molecule has 1 aromatic heterocycles. The van der Waals surface area contributed by atoms with Crippen molar-refractivity contribution < 1.29 is 19.1 Å². The van der Waals surface area contributed by atoms with Gasteiger partial charge in [-0.1, -0.05) is 0 Å². The Hall–Kier alpha value is -1.62. The highest BCUT2D eigenvalue weighted by atomic mass is 35.5. The molecule has 0 aliphatic carbocycles. The normalized spacial score (nSPS) is 9.73. The number of hydrogen-bond donors (Lipinski definition) is 0. The molecule has 0 bridgehead atoms. The molecule has 0 aliphatic heterocycles. The second kappa shape index (κ2) is 4.75. The fourth-order valence-electron chi connectivity index (χ4n) is 1.06. The molecule has 1 aromatic rings. The average Bonchev–Trinajstić information content (AvgIpc) is 2.64. The maximum atomic E-state index is 11.2. The molecule has 0 saturated heterocycles. The summed E-state index contributed by atoms with van der Waals surface area (Å²) in [4.78, 5) is 32.8. The average molecular weight is 230 g/mol. The quantitative estimate of drug-likeness (QED) is 0.328. The van der Waals surface area contributed by atoms with Gasteiger partial charge in [0.15, 0.2) is 0 Å².